The largest absolute Gasteiger partial charge is 0.493 e. The van der Waals surface area contributed by atoms with Crippen LogP contribution >= 0.6 is 22.6 Å². The van der Waals surface area contributed by atoms with Crippen molar-refractivity contribution in [1.82, 2.24) is 10.2 Å². The number of barbiturate groups is 1. The Labute approximate surface area is 163 Å². The van der Waals surface area contributed by atoms with Crippen LogP contribution in [0.25, 0.3) is 6.08 Å². The van der Waals surface area contributed by atoms with E-state index in [9.17, 15) is 14.4 Å². The topological polar surface area (TPSA) is 88.8 Å². The number of nitrogens with one attached hydrogen (secondary N) is 1. The van der Waals surface area contributed by atoms with Gasteiger partial charge in [0, 0.05) is 0 Å². The average molecular weight is 466 g/mol. The highest BCUT2D eigenvalue weighted by Crippen LogP contribution is 2.24. The molecule has 134 valence electrons. The molecule has 1 N–H and O–H groups in total. The minimum Gasteiger partial charge on any atom is -0.493 e. The van der Waals surface area contributed by atoms with E-state index in [1.165, 1.54) is 12.3 Å². The lowest BCUT2D eigenvalue weighted by atomic mass is 10.1. The quantitative estimate of drug-likeness (QED) is 0.416. The van der Waals surface area contributed by atoms with Crippen molar-refractivity contribution in [1.29, 1.82) is 0 Å². The van der Waals surface area contributed by atoms with E-state index >= 15 is 0 Å². The van der Waals surface area contributed by atoms with E-state index in [1.807, 2.05) is 6.92 Å². The first-order valence-electron chi connectivity index (χ1n) is 7.83. The molecular weight excluding hydrogens is 451 g/mol. The summed E-state index contributed by atoms with van der Waals surface area (Å²) in [6.07, 6.45) is 2.91. The molecular formula is C18H15IN2O5. The number of benzene rings is 1. The molecule has 2 aromatic rings. The number of imide groups is 2. The summed E-state index contributed by atoms with van der Waals surface area (Å²) in [6, 6.07) is 7.85. The van der Waals surface area contributed by atoms with Crippen LogP contribution in [0.2, 0.25) is 0 Å². The van der Waals surface area contributed by atoms with Crippen LogP contribution in [0.15, 0.2) is 46.6 Å². The summed E-state index contributed by atoms with van der Waals surface area (Å²) in [6.45, 7) is 2.38. The lowest BCUT2D eigenvalue weighted by molar-refractivity contribution is -0.130. The lowest BCUT2D eigenvalue weighted by Crippen LogP contribution is -2.53. The molecule has 7 nitrogen and oxygen atoms in total. The van der Waals surface area contributed by atoms with E-state index in [4.69, 9.17) is 9.15 Å². The molecule has 1 aliphatic heterocycles. The van der Waals surface area contributed by atoms with Gasteiger partial charge in [0.15, 0.2) is 0 Å². The molecule has 3 rings (SSSR count). The molecule has 0 saturated carbocycles. The summed E-state index contributed by atoms with van der Waals surface area (Å²) in [4.78, 5) is 37.7. The maximum atomic E-state index is 12.6. The number of nitrogens with zero attached hydrogens (tertiary/aromatic N) is 1. The van der Waals surface area contributed by atoms with Gasteiger partial charge in [0.05, 0.1) is 23.0 Å². The van der Waals surface area contributed by atoms with Gasteiger partial charge < -0.3 is 9.15 Å². The van der Waals surface area contributed by atoms with Crippen molar-refractivity contribution < 1.29 is 23.5 Å². The fourth-order valence-electron chi connectivity index (χ4n) is 2.44. The van der Waals surface area contributed by atoms with Crippen LogP contribution in [0.3, 0.4) is 0 Å². The summed E-state index contributed by atoms with van der Waals surface area (Å²) < 4.78 is 11.5. The molecule has 1 aromatic carbocycles. The molecule has 0 radical (unpaired) electrons. The van der Waals surface area contributed by atoms with Gasteiger partial charge in [0.2, 0.25) is 0 Å². The predicted molar refractivity (Wildman–Crippen MR) is 101 cm³/mol. The number of ether oxygens (including phenoxy) is 1. The van der Waals surface area contributed by atoms with Gasteiger partial charge in [-0.3, -0.25) is 19.8 Å². The summed E-state index contributed by atoms with van der Waals surface area (Å²) >= 11 is 2.12. The normalized spacial score (nSPS) is 16.2. The minimum absolute atomic E-state index is 0.0525. The summed E-state index contributed by atoms with van der Waals surface area (Å²) in [5.41, 5.74) is 0.541. The highest BCUT2D eigenvalue weighted by Gasteiger charge is 2.36. The van der Waals surface area contributed by atoms with Gasteiger partial charge in [-0.25, -0.2) is 4.79 Å². The van der Waals surface area contributed by atoms with Gasteiger partial charge in [0.1, 0.15) is 17.1 Å². The third kappa shape index (κ3) is 3.79. The molecule has 1 saturated heterocycles. The lowest BCUT2D eigenvalue weighted by Gasteiger charge is -2.25. The molecule has 8 heteroatoms. The van der Waals surface area contributed by atoms with E-state index in [-0.39, 0.29) is 12.1 Å². The number of carbonyl (C=O) groups excluding carboxylic acids is 3. The highest BCUT2D eigenvalue weighted by atomic mass is 127. The standard InChI is InChI=1S/C18H15IN2O5/c1-2-25-15-6-5-11(9-14(15)19)8-13-16(22)20-18(24)21(17(13)23)10-12-4-3-7-26-12/h3-9H,2,10H2,1H3,(H,20,22,24). The minimum atomic E-state index is -0.769. The molecule has 0 spiro atoms. The number of hydrogen-bond acceptors (Lipinski definition) is 5. The Morgan fingerprint density at radius 3 is 2.73 bits per heavy atom. The molecule has 1 aromatic heterocycles. The van der Waals surface area contributed by atoms with Crippen molar-refractivity contribution in [2.24, 2.45) is 0 Å². The van der Waals surface area contributed by atoms with Gasteiger partial charge in [-0.15, -0.1) is 0 Å². The number of carbonyl (C=O) groups is 3. The first-order valence-corrected chi connectivity index (χ1v) is 8.91. The average Bonchev–Trinajstić information content (AvgIpc) is 3.11. The number of rotatable bonds is 5. The zero-order valence-electron chi connectivity index (χ0n) is 13.8. The summed E-state index contributed by atoms with van der Waals surface area (Å²) in [5.74, 6) is -0.222. The maximum Gasteiger partial charge on any atom is 0.331 e. The Morgan fingerprint density at radius 2 is 2.08 bits per heavy atom. The molecule has 1 fully saturated rings. The highest BCUT2D eigenvalue weighted by molar-refractivity contribution is 14.1. The third-order valence-electron chi connectivity index (χ3n) is 3.65. The van der Waals surface area contributed by atoms with Crippen LogP contribution in [0.1, 0.15) is 18.2 Å². The molecule has 0 unspecified atom stereocenters. The fraction of sp³-hybridized carbons (Fsp3) is 0.167. The Morgan fingerprint density at radius 1 is 1.27 bits per heavy atom. The van der Waals surface area contributed by atoms with Gasteiger partial charge in [0.25, 0.3) is 11.8 Å². The number of halogens is 1. The Balaban J connectivity index is 1.88. The van der Waals surface area contributed by atoms with Crippen molar-refractivity contribution in [3.63, 3.8) is 0 Å². The molecule has 0 aliphatic carbocycles. The van der Waals surface area contributed by atoms with Crippen molar-refractivity contribution in [3.05, 3.63) is 57.1 Å². The third-order valence-corrected chi connectivity index (χ3v) is 4.49. The molecule has 1 aliphatic rings. The monoisotopic (exact) mass is 466 g/mol. The van der Waals surface area contributed by atoms with Crippen LogP contribution in [-0.4, -0.2) is 29.4 Å². The van der Waals surface area contributed by atoms with Crippen molar-refractivity contribution in [2.75, 3.05) is 6.61 Å². The summed E-state index contributed by atoms with van der Waals surface area (Å²) in [5, 5.41) is 2.18. The Bertz CT molecular complexity index is 889. The van der Waals surface area contributed by atoms with Crippen molar-refractivity contribution in [3.8, 4) is 5.75 Å². The predicted octanol–water partition coefficient (Wildman–Crippen LogP) is 2.94. The van der Waals surface area contributed by atoms with E-state index < -0.39 is 17.8 Å². The number of amides is 4. The second-order valence-electron chi connectivity index (χ2n) is 5.41. The molecule has 26 heavy (non-hydrogen) atoms. The van der Waals surface area contributed by atoms with Gasteiger partial charge in [-0.05, 0) is 65.4 Å². The number of hydrogen-bond donors (Lipinski definition) is 1. The fourth-order valence-corrected chi connectivity index (χ4v) is 3.14. The second-order valence-corrected chi connectivity index (χ2v) is 6.57. The number of urea groups is 1. The molecule has 2 heterocycles. The smallest absolute Gasteiger partial charge is 0.331 e. The first-order chi connectivity index (χ1) is 12.5. The van der Waals surface area contributed by atoms with Crippen LogP contribution in [0.4, 0.5) is 4.79 Å². The van der Waals surface area contributed by atoms with Crippen molar-refractivity contribution >= 4 is 46.5 Å². The zero-order valence-corrected chi connectivity index (χ0v) is 16.0. The van der Waals surface area contributed by atoms with Gasteiger partial charge in [-0.1, -0.05) is 6.07 Å². The van der Waals surface area contributed by atoms with Crippen LogP contribution in [-0.2, 0) is 16.1 Å². The molecule has 0 bridgehead atoms. The van der Waals surface area contributed by atoms with Crippen LogP contribution in [0.5, 0.6) is 5.75 Å². The van der Waals surface area contributed by atoms with Crippen LogP contribution < -0.4 is 10.1 Å². The number of furan rings is 1. The molecule has 4 amide bonds. The van der Waals surface area contributed by atoms with Gasteiger partial charge in [-0.2, -0.15) is 0 Å². The van der Waals surface area contributed by atoms with E-state index in [0.717, 1.165) is 14.2 Å². The van der Waals surface area contributed by atoms with Crippen molar-refractivity contribution in [2.45, 2.75) is 13.5 Å². The molecule has 0 atom stereocenters. The van der Waals surface area contributed by atoms with E-state index in [2.05, 4.69) is 27.9 Å². The zero-order chi connectivity index (χ0) is 18.7. The van der Waals surface area contributed by atoms with E-state index in [1.54, 1.807) is 30.3 Å². The van der Waals surface area contributed by atoms with Crippen LogP contribution in [0, 0.1) is 3.57 Å². The SMILES string of the molecule is CCOc1ccc(C=C2C(=O)NC(=O)N(Cc3ccco3)C2=O)cc1I. The Kier molecular flexibility index (Phi) is 5.40. The first kappa shape index (κ1) is 18.2. The maximum absolute atomic E-state index is 12.6. The Hall–Kier alpha value is -2.62. The van der Waals surface area contributed by atoms with Gasteiger partial charge >= 0.3 is 6.03 Å². The summed E-state index contributed by atoms with van der Waals surface area (Å²) in [7, 11) is 0. The van der Waals surface area contributed by atoms with E-state index in [0.29, 0.717) is 17.9 Å². The second kappa shape index (κ2) is 7.73.